The number of nitrogens with zero attached hydrogens (tertiary/aromatic N) is 2. The van der Waals surface area contributed by atoms with Gasteiger partial charge in [-0.25, -0.2) is 4.79 Å². The molecular formula is C26H26N2O4S. The fourth-order valence-electron chi connectivity index (χ4n) is 3.93. The Balaban J connectivity index is 1.72. The van der Waals surface area contributed by atoms with Crippen LogP contribution in [0.25, 0.3) is 26.2 Å². The Labute approximate surface area is 196 Å². The van der Waals surface area contributed by atoms with Gasteiger partial charge >= 0.3 is 5.97 Å². The smallest absolute Gasteiger partial charge is 0.331 e. The summed E-state index contributed by atoms with van der Waals surface area (Å²) in [6.07, 6.45) is 4.83. The number of hydrogen-bond acceptors (Lipinski definition) is 6. The van der Waals surface area contributed by atoms with Crippen LogP contribution in [-0.2, 0) is 14.4 Å². The molecule has 0 N–H and O–H groups in total. The van der Waals surface area contributed by atoms with Crippen LogP contribution in [0.15, 0.2) is 47.1 Å². The van der Waals surface area contributed by atoms with E-state index in [-0.39, 0.29) is 17.4 Å². The molecule has 0 saturated carbocycles. The minimum absolute atomic E-state index is 0.0739. The quantitative estimate of drug-likeness (QED) is 0.151. The van der Waals surface area contributed by atoms with Crippen molar-refractivity contribution in [3.05, 3.63) is 53.1 Å². The molecule has 3 aromatic rings. The highest BCUT2D eigenvalue weighted by molar-refractivity contribution is 7.25. The summed E-state index contributed by atoms with van der Waals surface area (Å²) in [5.74, 6) is -0.710. The van der Waals surface area contributed by atoms with Gasteiger partial charge in [-0.3, -0.25) is 9.59 Å². The topological polar surface area (TPSA) is 76.0 Å². The second kappa shape index (κ2) is 9.67. The number of likely N-dealkylation sites (N-methyl/N-ethyl adjacent to an activating group) is 1. The number of benzene rings is 2. The third-order valence-corrected chi connectivity index (χ3v) is 6.90. The largest absolute Gasteiger partial charge is 0.342 e. The minimum atomic E-state index is -0.551. The maximum Gasteiger partial charge on any atom is 0.331 e. The zero-order chi connectivity index (χ0) is 23.5. The molecule has 170 valence electrons. The molecule has 0 radical (unpaired) electrons. The number of hydrogen-bond donors (Lipinski definition) is 0. The Morgan fingerprint density at radius 2 is 1.88 bits per heavy atom. The van der Waals surface area contributed by atoms with Gasteiger partial charge in [-0.05, 0) is 61.2 Å². The molecule has 0 atom stereocenters. The lowest BCUT2D eigenvalue weighted by Gasteiger charge is -2.05. The Kier molecular flexibility index (Phi) is 6.70. The molecule has 1 amide bonds. The normalized spacial score (nSPS) is 15.7. The number of likely N-dealkylation sites (tertiary alicyclic amines) is 1. The lowest BCUT2D eigenvalue weighted by Crippen LogP contribution is -2.18. The zero-order valence-corrected chi connectivity index (χ0v) is 19.8. The van der Waals surface area contributed by atoms with E-state index < -0.39 is 5.97 Å². The van der Waals surface area contributed by atoms with E-state index in [1.54, 1.807) is 22.3 Å². The third kappa shape index (κ3) is 4.88. The number of amides is 1. The first-order chi connectivity index (χ1) is 15.9. The number of carbonyl (C=O) groups excluding carboxylic acids is 3. The van der Waals surface area contributed by atoms with E-state index >= 15 is 0 Å². The first-order valence-corrected chi connectivity index (χ1v) is 11.9. The summed E-state index contributed by atoms with van der Waals surface area (Å²) in [6, 6.07) is 11.8. The van der Waals surface area contributed by atoms with Crippen molar-refractivity contribution < 1.29 is 19.2 Å². The fraction of sp³-hybridized carbons (Fsp3) is 0.308. The number of unbranched alkanes of at least 4 members (excludes halogenated alkanes) is 1. The molecule has 1 aliphatic heterocycles. The number of carbonyl (C=O) groups is 3. The highest BCUT2D eigenvalue weighted by Crippen LogP contribution is 2.35. The predicted molar refractivity (Wildman–Crippen MR) is 133 cm³/mol. The molecule has 1 aliphatic rings. The van der Waals surface area contributed by atoms with E-state index in [1.165, 1.54) is 6.92 Å². The minimum Gasteiger partial charge on any atom is -0.342 e. The van der Waals surface area contributed by atoms with Crippen LogP contribution < -0.4 is 0 Å². The van der Waals surface area contributed by atoms with Crippen LogP contribution in [0.5, 0.6) is 0 Å². The van der Waals surface area contributed by atoms with Crippen LogP contribution in [0.2, 0.25) is 0 Å². The second-order valence-electron chi connectivity index (χ2n) is 8.27. The predicted octanol–water partition coefficient (Wildman–Crippen LogP) is 5.59. The van der Waals surface area contributed by atoms with Crippen molar-refractivity contribution in [3.8, 4) is 0 Å². The van der Waals surface area contributed by atoms with E-state index in [2.05, 4.69) is 17.3 Å². The zero-order valence-electron chi connectivity index (χ0n) is 19.0. The third-order valence-electron chi connectivity index (χ3n) is 5.75. The number of thiophene rings is 1. The van der Waals surface area contributed by atoms with Crippen LogP contribution in [0.4, 0.5) is 0 Å². The molecule has 2 aromatic carbocycles. The number of fused-ring (bicyclic) bond motifs is 3. The molecule has 1 fully saturated rings. The summed E-state index contributed by atoms with van der Waals surface area (Å²) in [4.78, 5) is 43.1. The second-order valence-corrected chi connectivity index (χ2v) is 9.35. The van der Waals surface area contributed by atoms with Crippen molar-refractivity contribution in [1.82, 2.24) is 4.90 Å². The van der Waals surface area contributed by atoms with Crippen molar-refractivity contribution in [2.75, 3.05) is 13.6 Å². The van der Waals surface area contributed by atoms with Gasteiger partial charge < -0.3 is 9.74 Å². The summed E-state index contributed by atoms with van der Waals surface area (Å²) < 4.78 is 2.20. The standard InChI is InChI=1S/C26H26N2O4S/c1-4-5-6-22(27-32-16(2)29)25(30)18-8-10-24-21(15-18)20-14-17(7-9-23(20)33-24)13-19-11-12-28(3)26(19)31/h7-10,13-15H,4-6,11-12H2,1-3H3. The van der Waals surface area contributed by atoms with Crippen LogP contribution in [-0.4, -0.2) is 41.9 Å². The van der Waals surface area contributed by atoms with Gasteiger partial charge in [0.25, 0.3) is 0 Å². The first-order valence-electron chi connectivity index (χ1n) is 11.1. The van der Waals surface area contributed by atoms with E-state index in [0.717, 1.165) is 57.1 Å². The molecule has 2 heterocycles. The van der Waals surface area contributed by atoms with Crippen LogP contribution >= 0.6 is 11.3 Å². The van der Waals surface area contributed by atoms with E-state index in [0.29, 0.717) is 12.0 Å². The molecule has 6 nitrogen and oxygen atoms in total. The molecule has 1 saturated heterocycles. The molecular weight excluding hydrogens is 436 g/mol. The number of oxime groups is 1. The van der Waals surface area contributed by atoms with Gasteiger partial charge in [0.1, 0.15) is 5.71 Å². The van der Waals surface area contributed by atoms with Gasteiger partial charge in [-0.1, -0.05) is 24.6 Å². The van der Waals surface area contributed by atoms with Crippen LogP contribution in [0, 0.1) is 0 Å². The molecule has 4 rings (SSSR count). The number of Topliss-reactive ketones (excluding diaryl/α,β-unsaturated/α-hetero) is 1. The molecule has 7 heteroatoms. The highest BCUT2D eigenvalue weighted by atomic mass is 32.1. The lowest BCUT2D eigenvalue weighted by atomic mass is 10.00. The summed E-state index contributed by atoms with van der Waals surface area (Å²) >= 11 is 1.66. The van der Waals surface area contributed by atoms with Crippen molar-refractivity contribution in [1.29, 1.82) is 0 Å². The van der Waals surface area contributed by atoms with Crippen molar-refractivity contribution in [3.63, 3.8) is 0 Å². The summed E-state index contributed by atoms with van der Waals surface area (Å²) in [5.41, 5.74) is 2.55. The number of ketones is 1. The maximum absolute atomic E-state index is 13.2. The van der Waals surface area contributed by atoms with Crippen molar-refractivity contribution >= 4 is 61.0 Å². The molecule has 0 unspecified atom stereocenters. The van der Waals surface area contributed by atoms with E-state index in [1.807, 2.05) is 38.2 Å². The summed E-state index contributed by atoms with van der Waals surface area (Å²) in [6.45, 7) is 4.04. The Morgan fingerprint density at radius 1 is 1.15 bits per heavy atom. The van der Waals surface area contributed by atoms with Crippen molar-refractivity contribution in [2.24, 2.45) is 5.16 Å². The van der Waals surface area contributed by atoms with E-state index in [4.69, 9.17) is 4.84 Å². The SMILES string of the molecule is CCCCC(=NOC(C)=O)C(=O)c1ccc2sc3ccc(C=C4CCN(C)C4=O)cc3c2c1. The maximum atomic E-state index is 13.2. The Bertz CT molecular complexity index is 1320. The molecule has 0 spiro atoms. The van der Waals surface area contributed by atoms with Crippen molar-refractivity contribution in [2.45, 2.75) is 39.5 Å². The first kappa shape index (κ1) is 22.9. The van der Waals surface area contributed by atoms with Gasteiger partial charge in [-0.2, -0.15) is 0 Å². The summed E-state index contributed by atoms with van der Waals surface area (Å²) in [7, 11) is 1.82. The Morgan fingerprint density at radius 3 is 2.55 bits per heavy atom. The lowest BCUT2D eigenvalue weighted by molar-refractivity contribution is -0.140. The fourth-order valence-corrected chi connectivity index (χ4v) is 5.00. The monoisotopic (exact) mass is 462 g/mol. The number of rotatable bonds is 7. The van der Waals surface area contributed by atoms with Gasteiger partial charge in [0, 0.05) is 51.8 Å². The Hall–Kier alpha value is -3.32. The molecule has 0 bridgehead atoms. The van der Waals surface area contributed by atoms with Gasteiger partial charge in [0.05, 0.1) is 0 Å². The summed E-state index contributed by atoms with van der Waals surface area (Å²) in [5, 5.41) is 5.86. The van der Waals surface area contributed by atoms with Crippen LogP contribution in [0.1, 0.15) is 55.5 Å². The van der Waals surface area contributed by atoms with Gasteiger partial charge in [-0.15, -0.1) is 11.3 Å². The average Bonchev–Trinajstić information content (AvgIpc) is 3.32. The average molecular weight is 463 g/mol. The highest BCUT2D eigenvalue weighted by Gasteiger charge is 2.22. The molecule has 33 heavy (non-hydrogen) atoms. The van der Waals surface area contributed by atoms with E-state index in [9.17, 15) is 14.4 Å². The van der Waals surface area contributed by atoms with Gasteiger partial charge in [0.15, 0.2) is 0 Å². The molecule has 0 aliphatic carbocycles. The van der Waals surface area contributed by atoms with Gasteiger partial charge in [0.2, 0.25) is 11.7 Å². The molecule has 1 aromatic heterocycles. The van der Waals surface area contributed by atoms with Crippen LogP contribution in [0.3, 0.4) is 0 Å².